The fourth-order valence-corrected chi connectivity index (χ4v) is 3.11. The molecule has 0 spiro atoms. The lowest BCUT2D eigenvalue weighted by Crippen LogP contribution is -2.35. The normalized spacial score (nSPS) is 11.1. The Morgan fingerprint density at radius 3 is 2.65 bits per heavy atom. The maximum atomic E-state index is 12.5. The molecule has 0 aliphatic rings. The van der Waals surface area contributed by atoms with Crippen molar-refractivity contribution in [2.24, 2.45) is 0 Å². The third kappa shape index (κ3) is 2.20. The van der Waals surface area contributed by atoms with Gasteiger partial charge in [-0.15, -0.1) is 11.3 Å². The molecule has 0 radical (unpaired) electrons. The summed E-state index contributed by atoms with van der Waals surface area (Å²) in [6.07, 6.45) is 0. The van der Waals surface area contributed by atoms with E-state index in [0.29, 0.717) is 17.4 Å². The zero-order chi connectivity index (χ0) is 14.3. The van der Waals surface area contributed by atoms with Crippen LogP contribution in [0.3, 0.4) is 0 Å². The first-order chi connectivity index (χ1) is 9.54. The van der Waals surface area contributed by atoms with E-state index in [4.69, 9.17) is 0 Å². The monoisotopic (exact) mass is 286 g/mol. The molecule has 0 aliphatic carbocycles. The number of hydrogen-bond acceptors (Lipinski definition) is 3. The highest BCUT2D eigenvalue weighted by molar-refractivity contribution is 7.11. The van der Waals surface area contributed by atoms with E-state index in [9.17, 15) is 9.59 Å². The van der Waals surface area contributed by atoms with Crippen molar-refractivity contribution in [2.75, 3.05) is 0 Å². The molecule has 1 aromatic carbocycles. The molecule has 102 valence electrons. The van der Waals surface area contributed by atoms with E-state index in [0.717, 1.165) is 10.4 Å². The summed E-state index contributed by atoms with van der Waals surface area (Å²) in [5.41, 5.74) is 0.986. The number of fused-ring (bicyclic) bond motifs is 1. The number of thiophene rings is 1. The fraction of sp³-hybridized carbons (Fsp3) is 0.200. The molecule has 0 aliphatic heterocycles. The van der Waals surface area contributed by atoms with E-state index in [2.05, 4.69) is 4.98 Å². The molecule has 0 unspecified atom stereocenters. The van der Waals surface area contributed by atoms with E-state index in [1.807, 2.05) is 38.1 Å². The Labute approximate surface area is 119 Å². The summed E-state index contributed by atoms with van der Waals surface area (Å²) in [7, 11) is 0. The number of H-pyrrole nitrogens is 1. The average Bonchev–Trinajstić information content (AvgIpc) is 2.81. The Morgan fingerprint density at radius 2 is 1.95 bits per heavy atom. The second-order valence-corrected chi connectivity index (χ2v) is 6.26. The number of nitrogens with zero attached hydrogens (tertiary/aromatic N) is 1. The lowest BCUT2D eigenvalue weighted by atomic mass is 10.2. The molecular formula is C15H14N2O2S. The second-order valence-electron chi connectivity index (χ2n) is 4.88. The van der Waals surface area contributed by atoms with Crippen LogP contribution in [-0.2, 0) is 6.54 Å². The molecule has 2 aromatic heterocycles. The molecule has 0 amide bonds. The SMILES string of the molecule is Cc1ccc2[nH]c(=O)n(Cc3ccc(C)s3)c(=O)c2c1. The highest BCUT2D eigenvalue weighted by atomic mass is 32.1. The molecular weight excluding hydrogens is 272 g/mol. The standard InChI is InChI=1S/C15H14N2O2S/c1-9-3-6-13-12(7-9)14(18)17(15(19)16-13)8-11-5-4-10(2)20-11/h3-7H,8H2,1-2H3,(H,16,19). The largest absolute Gasteiger partial charge is 0.329 e. The van der Waals surface area contributed by atoms with Crippen LogP contribution < -0.4 is 11.2 Å². The van der Waals surface area contributed by atoms with Crippen LogP contribution in [0.15, 0.2) is 39.9 Å². The predicted octanol–water partition coefficient (Wildman–Crippen LogP) is 2.42. The van der Waals surface area contributed by atoms with Crippen LogP contribution in [0.2, 0.25) is 0 Å². The number of benzene rings is 1. The number of nitrogens with one attached hydrogen (secondary N) is 1. The third-order valence-electron chi connectivity index (χ3n) is 3.25. The maximum Gasteiger partial charge on any atom is 0.329 e. The predicted molar refractivity (Wildman–Crippen MR) is 81.7 cm³/mol. The van der Waals surface area contributed by atoms with Crippen LogP contribution in [0.25, 0.3) is 10.9 Å². The molecule has 3 aromatic rings. The summed E-state index contributed by atoms with van der Waals surface area (Å²) in [6.45, 7) is 4.25. The van der Waals surface area contributed by atoms with Gasteiger partial charge in [0, 0.05) is 9.75 Å². The number of aromatic amines is 1. The summed E-state index contributed by atoms with van der Waals surface area (Å²) in [5, 5.41) is 0.554. The zero-order valence-corrected chi connectivity index (χ0v) is 12.1. The van der Waals surface area contributed by atoms with E-state index in [1.165, 1.54) is 9.44 Å². The minimum atomic E-state index is -0.364. The molecule has 0 bridgehead atoms. The molecule has 4 nitrogen and oxygen atoms in total. The Bertz CT molecular complexity index is 902. The van der Waals surface area contributed by atoms with E-state index in [-0.39, 0.29) is 11.2 Å². The van der Waals surface area contributed by atoms with Crippen LogP contribution in [0.5, 0.6) is 0 Å². The molecule has 0 saturated carbocycles. The first-order valence-electron chi connectivity index (χ1n) is 6.33. The van der Waals surface area contributed by atoms with Crippen molar-refractivity contribution in [3.63, 3.8) is 0 Å². The Hall–Kier alpha value is -2.14. The van der Waals surface area contributed by atoms with Gasteiger partial charge in [0.2, 0.25) is 0 Å². The van der Waals surface area contributed by atoms with Gasteiger partial charge in [-0.3, -0.25) is 9.36 Å². The van der Waals surface area contributed by atoms with E-state index < -0.39 is 0 Å². The van der Waals surface area contributed by atoms with Gasteiger partial charge < -0.3 is 4.98 Å². The van der Waals surface area contributed by atoms with Gasteiger partial charge in [-0.2, -0.15) is 0 Å². The molecule has 2 heterocycles. The van der Waals surface area contributed by atoms with Crippen LogP contribution in [-0.4, -0.2) is 9.55 Å². The van der Waals surface area contributed by atoms with Gasteiger partial charge in [0.1, 0.15) is 0 Å². The van der Waals surface area contributed by atoms with Crippen molar-refractivity contribution in [3.05, 3.63) is 66.5 Å². The molecule has 0 saturated heterocycles. The number of rotatable bonds is 2. The van der Waals surface area contributed by atoms with Crippen molar-refractivity contribution in [3.8, 4) is 0 Å². The van der Waals surface area contributed by atoms with Crippen molar-refractivity contribution in [2.45, 2.75) is 20.4 Å². The minimum absolute atomic E-state index is 0.237. The number of aryl methyl sites for hydroxylation is 2. The summed E-state index contributed by atoms with van der Waals surface area (Å²) in [6, 6.07) is 9.40. The molecule has 1 N–H and O–H groups in total. The molecule has 0 fully saturated rings. The summed E-state index contributed by atoms with van der Waals surface area (Å²) < 4.78 is 1.26. The third-order valence-corrected chi connectivity index (χ3v) is 4.23. The van der Waals surface area contributed by atoms with E-state index in [1.54, 1.807) is 17.4 Å². The van der Waals surface area contributed by atoms with Gasteiger partial charge >= 0.3 is 5.69 Å². The first kappa shape index (κ1) is 12.9. The number of hydrogen-bond donors (Lipinski definition) is 1. The molecule has 3 rings (SSSR count). The summed E-state index contributed by atoms with van der Waals surface area (Å²) >= 11 is 1.60. The van der Waals surface area contributed by atoms with Gasteiger partial charge in [-0.25, -0.2) is 4.79 Å². The topological polar surface area (TPSA) is 54.9 Å². The highest BCUT2D eigenvalue weighted by Gasteiger charge is 2.09. The van der Waals surface area contributed by atoms with Crippen molar-refractivity contribution in [1.82, 2.24) is 9.55 Å². The van der Waals surface area contributed by atoms with Crippen LogP contribution in [0, 0.1) is 13.8 Å². The number of aromatic nitrogens is 2. The van der Waals surface area contributed by atoms with Gasteiger partial charge in [0.15, 0.2) is 0 Å². The maximum absolute atomic E-state index is 12.5. The smallest absolute Gasteiger partial charge is 0.307 e. The lowest BCUT2D eigenvalue weighted by Gasteiger charge is -2.05. The Kier molecular flexibility index (Phi) is 3.06. The summed E-state index contributed by atoms with van der Waals surface area (Å²) in [5.74, 6) is 0. The van der Waals surface area contributed by atoms with Crippen molar-refractivity contribution >= 4 is 22.2 Å². The van der Waals surface area contributed by atoms with Crippen molar-refractivity contribution < 1.29 is 0 Å². The fourth-order valence-electron chi connectivity index (χ4n) is 2.23. The van der Waals surface area contributed by atoms with Gasteiger partial charge in [-0.1, -0.05) is 11.6 Å². The molecule has 20 heavy (non-hydrogen) atoms. The highest BCUT2D eigenvalue weighted by Crippen LogP contribution is 2.15. The van der Waals surface area contributed by atoms with Crippen LogP contribution in [0.4, 0.5) is 0 Å². The second kappa shape index (κ2) is 4.76. The van der Waals surface area contributed by atoms with Gasteiger partial charge in [0.05, 0.1) is 17.4 Å². The lowest BCUT2D eigenvalue weighted by molar-refractivity contribution is 0.720. The van der Waals surface area contributed by atoms with Crippen LogP contribution in [0.1, 0.15) is 15.3 Å². The quantitative estimate of drug-likeness (QED) is 0.786. The van der Waals surface area contributed by atoms with Gasteiger partial charge in [0.25, 0.3) is 5.56 Å². The Balaban J connectivity index is 2.20. The molecule has 5 heteroatoms. The Morgan fingerprint density at radius 1 is 1.15 bits per heavy atom. The summed E-state index contributed by atoms with van der Waals surface area (Å²) in [4.78, 5) is 29.5. The van der Waals surface area contributed by atoms with E-state index >= 15 is 0 Å². The molecule has 0 atom stereocenters. The van der Waals surface area contributed by atoms with Crippen molar-refractivity contribution in [1.29, 1.82) is 0 Å². The minimum Gasteiger partial charge on any atom is -0.307 e. The van der Waals surface area contributed by atoms with Crippen LogP contribution >= 0.6 is 11.3 Å². The average molecular weight is 286 g/mol. The first-order valence-corrected chi connectivity index (χ1v) is 7.15. The van der Waals surface area contributed by atoms with Gasteiger partial charge in [-0.05, 0) is 38.1 Å². The zero-order valence-electron chi connectivity index (χ0n) is 11.3.